The molecule has 1 amide bonds. The van der Waals surface area contributed by atoms with Crippen molar-refractivity contribution in [2.24, 2.45) is 0 Å². The van der Waals surface area contributed by atoms with Gasteiger partial charge in [0.2, 0.25) is 5.91 Å². The number of halogens is 1. The van der Waals surface area contributed by atoms with Crippen LogP contribution in [0.1, 0.15) is 44.1 Å². The summed E-state index contributed by atoms with van der Waals surface area (Å²) in [5, 5.41) is 7.11. The Morgan fingerprint density at radius 2 is 2.05 bits per heavy atom. The second-order valence-corrected chi connectivity index (χ2v) is 5.98. The molecule has 0 bridgehead atoms. The van der Waals surface area contributed by atoms with Crippen LogP contribution in [0.2, 0.25) is 5.02 Å². The molecule has 1 aromatic rings. The van der Waals surface area contributed by atoms with Crippen molar-refractivity contribution in [1.82, 2.24) is 5.32 Å². The van der Waals surface area contributed by atoms with E-state index in [1.54, 1.807) is 6.07 Å². The van der Waals surface area contributed by atoms with Gasteiger partial charge in [-0.3, -0.25) is 4.79 Å². The quantitative estimate of drug-likeness (QED) is 0.865. The molecule has 3 nitrogen and oxygen atoms in total. The van der Waals surface area contributed by atoms with Gasteiger partial charge in [-0.25, -0.2) is 0 Å². The Bertz CT molecular complexity index is 456. The van der Waals surface area contributed by atoms with Crippen molar-refractivity contribution >= 4 is 23.2 Å². The van der Waals surface area contributed by atoms with Crippen LogP contribution in [-0.4, -0.2) is 18.5 Å². The Kier molecular flexibility index (Phi) is 5.86. The lowest BCUT2D eigenvalue weighted by atomic mass is 9.95. The van der Waals surface area contributed by atoms with E-state index in [4.69, 9.17) is 11.6 Å². The summed E-state index contributed by atoms with van der Waals surface area (Å²) in [4.78, 5) is 11.9. The summed E-state index contributed by atoms with van der Waals surface area (Å²) in [7, 11) is 0. The lowest BCUT2D eigenvalue weighted by molar-refractivity contribution is -0.116. The van der Waals surface area contributed by atoms with Crippen LogP contribution in [0, 0.1) is 6.92 Å². The van der Waals surface area contributed by atoms with Crippen molar-refractivity contribution in [3.05, 3.63) is 28.8 Å². The number of carbonyl (C=O) groups is 1. The summed E-state index contributed by atoms with van der Waals surface area (Å²) < 4.78 is 0. The van der Waals surface area contributed by atoms with Crippen LogP contribution in [0.25, 0.3) is 0 Å². The molecular formula is C16H23ClN2O. The highest BCUT2D eigenvalue weighted by Crippen LogP contribution is 2.20. The summed E-state index contributed by atoms with van der Waals surface area (Å²) in [5.41, 5.74) is 1.84. The number of benzene rings is 1. The number of amides is 1. The third-order valence-corrected chi connectivity index (χ3v) is 4.09. The summed E-state index contributed by atoms with van der Waals surface area (Å²) in [6, 6.07) is 6.11. The van der Waals surface area contributed by atoms with Crippen LogP contribution < -0.4 is 10.6 Å². The lowest BCUT2D eigenvalue weighted by Crippen LogP contribution is -2.33. The highest BCUT2D eigenvalue weighted by atomic mass is 35.5. The van der Waals surface area contributed by atoms with Crippen molar-refractivity contribution < 1.29 is 4.79 Å². The van der Waals surface area contributed by atoms with Gasteiger partial charge in [-0.1, -0.05) is 30.9 Å². The molecule has 0 heterocycles. The molecule has 110 valence electrons. The molecule has 1 aliphatic rings. The highest BCUT2D eigenvalue weighted by molar-refractivity contribution is 6.30. The largest absolute Gasteiger partial charge is 0.326 e. The van der Waals surface area contributed by atoms with Crippen molar-refractivity contribution in [3.63, 3.8) is 0 Å². The van der Waals surface area contributed by atoms with Crippen LogP contribution in [0.3, 0.4) is 0 Å². The SMILES string of the molecule is Cc1cc(Cl)ccc1NC(=O)CCNC1CCCCC1. The van der Waals surface area contributed by atoms with Gasteiger partial charge >= 0.3 is 0 Å². The first-order valence-electron chi connectivity index (χ1n) is 7.44. The first-order chi connectivity index (χ1) is 9.65. The maximum Gasteiger partial charge on any atom is 0.225 e. The van der Waals surface area contributed by atoms with Gasteiger partial charge in [0, 0.05) is 29.7 Å². The van der Waals surface area contributed by atoms with Crippen molar-refractivity contribution in [2.45, 2.75) is 51.5 Å². The normalized spacial score (nSPS) is 16.1. The van der Waals surface area contributed by atoms with Crippen LogP contribution in [0.5, 0.6) is 0 Å². The zero-order chi connectivity index (χ0) is 14.4. The van der Waals surface area contributed by atoms with Crippen LogP contribution in [0.15, 0.2) is 18.2 Å². The minimum Gasteiger partial charge on any atom is -0.326 e. The van der Waals surface area contributed by atoms with Crippen LogP contribution in [0.4, 0.5) is 5.69 Å². The van der Waals surface area contributed by atoms with Crippen molar-refractivity contribution in [2.75, 3.05) is 11.9 Å². The number of anilines is 1. The Labute approximate surface area is 126 Å². The summed E-state index contributed by atoms with van der Waals surface area (Å²) in [6.07, 6.45) is 6.99. The van der Waals surface area contributed by atoms with E-state index in [9.17, 15) is 4.79 Å². The first-order valence-corrected chi connectivity index (χ1v) is 7.82. The average Bonchev–Trinajstić information content (AvgIpc) is 2.43. The fourth-order valence-electron chi connectivity index (χ4n) is 2.68. The topological polar surface area (TPSA) is 41.1 Å². The predicted octanol–water partition coefficient (Wildman–Crippen LogP) is 3.90. The third kappa shape index (κ3) is 4.80. The van der Waals surface area contributed by atoms with E-state index in [1.807, 2.05) is 19.1 Å². The van der Waals surface area contributed by atoms with E-state index in [1.165, 1.54) is 32.1 Å². The number of hydrogen-bond donors (Lipinski definition) is 2. The Balaban J connectivity index is 1.72. The van der Waals surface area contributed by atoms with Gasteiger partial charge in [0.05, 0.1) is 0 Å². The smallest absolute Gasteiger partial charge is 0.225 e. The fourth-order valence-corrected chi connectivity index (χ4v) is 2.90. The van der Waals surface area contributed by atoms with Gasteiger partial charge in [0.1, 0.15) is 0 Å². The van der Waals surface area contributed by atoms with E-state index in [0.29, 0.717) is 17.5 Å². The van der Waals surface area contributed by atoms with E-state index >= 15 is 0 Å². The second kappa shape index (κ2) is 7.65. The molecule has 2 rings (SSSR count). The lowest BCUT2D eigenvalue weighted by Gasteiger charge is -2.22. The number of hydrogen-bond acceptors (Lipinski definition) is 2. The molecule has 0 atom stereocenters. The fraction of sp³-hybridized carbons (Fsp3) is 0.562. The molecule has 0 aliphatic heterocycles. The summed E-state index contributed by atoms with van der Waals surface area (Å²) in [6.45, 7) is 2.70. The molecule has 2 N–H and O–H groups in total. The zero-order valence-corrected chi connectivity index (χ0v) is 12.8. The van der Waals surface area contributed by atoms with E-state index in [-0.39, 0.29) is 5.91 Å². The Hall–Kier alpha value is -1.06. The predicted molar refractivity (Wildman–Crippen MR) is 84.3 cm³/mol. The summed E-state index contributed by atoms with van der Waals surface area (Å²) in [5.74, 6) is 0.0544. The maximum absolute atomic E-state index is 11.9. The van der Waals surface area contributed by atoms with Gasteiger partial charge in [0.15, 0.2) is 0 Å². The molecule has 20 heavy (non-hydrogen) atoms. The molecule has 0 radical (unpaired) electrons. The van der Waals surface area contributed by atoms with Gasteiger partial charge in [0.25, 0.3) is 0 Å². The molecule has 0 aromatic heterocycles. The van der Waals surface area contributed by atoms with Crippen molar-refractivity contribution in [1.29, 1.82) is 0 Å². The van der Waals surface area contributed by atoms with Gasteiger partial charge in [-0.15, -0.1) is 0 Å². The molecule has 1 aliphatic carbocycles. The molecule has 0 saturated heterocycles. The number of nitrogens with one attached hydrogen (secondary N) is 2. The molecule has 1 fully saturated rings. The van der Waals surface area contributed by atoms with Crippen molar-refractivity contribution in [3.8, 4) is 0 Å². The highest BCUT2D eigenvalue weighted by Gasteiger charge is 2.13. The molecular weight excluding hydrogens is 272 g/mol. The molecule has 4 heteroatoms. The summed E-state index contributed by atoms with van der Waals surface area (Å²) >= 11 is 5.90. The molecule has 0 spiro atoms. The molecule has 1 saturated carbocycles. The first kappa shape index (κ1) is 15.3. The zero-order valence-electron chi connectivity index (χ0n) is 12.0. The minimum absolute atomic E-state index is 0.0544. The molecule has 1 aromatic carbocycles. The standard InChI is InChI=1S/C16H23ClN2O/c1-12-11-13(17)7-8-15(12)19-16(20)9-10-18-14-5-3-2-4-6-14/h7-8,11,14,18H,2-6,9-10H2,1H3,(H,19,20). The van der Waals surface area contributed by atoms with Crippen LogP contribution in [-0.2, 0) is 4.79 Å². The van der Waals surface area contributed by atoms with Crippen LogP contribution >= 0.6 is 11.6 Å². The molecule has 0 unspecified atom stereocenters. The van der Waals surface area contributed by atoms with E-state index < -0.39 is 0 Å². The maximum atomic E-state index is 11.9. The van der Waals surface area contributed by atoms with Gasteiger partial charge in [-0.2, -0.15) is 0 Å². The number of carbonyl (C=O) groups excluding carboxylic acids is 1. The Morgan fingerprint density at radius 1 is 1.30 bits per heavy atom. The van der Waals surface area contributed by atoms with Gasteiger partial charge < -0.3 is 10.6 Å². The monoisotopic (exact) mass is 294 g/mol. The van der Waals surface area contributed by atoms with E-state index in [2.05, 4.69) is 10.6 Å². The number of rotatable bonds is 5. The second-order valence-electron chi connectivity index (χ2n) is 5.55. The Morgan fingerprint density at radius 3 is 2.75 bits per heavy atom. The van der Waals surface area contributed by atoms with E-state index in [0.717, 1.165) is 17.8 Å². The van der Waals surface area contributed by atoms with Gasteiger partial charge in [-0.05, 0) is 43.5 Å². The average molecular weight is 295 g/mol. The third-order valence-electron chi connectivity index (χ3n) is 3.85. The minimum atomic E-state index is 0.0544. The number of aryl methyl sites for hydroxylation is 1.